The Bertz CT molecular complexity index is 409. The molecule has 0 bridgehead atoms. The summed E-state index contributed by atoms with van der Waals surface area (Å²) in [4.78, 5) is 0. The minimum Gasteiger partial charge on any atom is -0.486 e. The molecule has 0 aliphatic carbocycles. The smallest absolute Gasteiger partial charge is 0.161 e. The van der Waals surface area contributed by atoms with Gasteiger partial charge in [-0.05, 0) is 43.5 Å². The van der Waals surface area contributed by atoms with Gasteiger partial charge in [-0.15, -0.1) is 0 Å². The number of ether oxygens (including phenoxy) is 3. The van der Waals surface area contributed by atoms with Gasteiger partial charge in [-0.25, -0.2) is 0 Å². The molecule has 1 heterocycles. The Labute approximate surface area is 121 Å². The van der Waals surface area contributed by atoms with Crippen molar-refractivity contribution in [1.82, 2.24) is 5.32 Å². The average molecular weight is 279 g/mol. The predicted molar refractivity (Wildman–Crippen MR) is 79.6 cm³/mol. The van der Waals surface area contributed by atoms with Crippen LogP contribution in [-0.2, 0) is 4.74 Å². The van der Waals surface area contributed by atoms with Crippen LogP contribution in [0.5, 0.6) is 11.5 Å². The lowest BCUT2D eigenvalue weighted by Crippen LogP contribution is -2.23. The van der Waals surface area contributed by atoms with Crippen molar-refractivity contribution in [3.63, 3.8) is 0 Å². The molecule has 0 saturated heterocycles. The summed E-state index contributed by atoms with van der Waals surface area (Å²) >= 11 is 0. The zero-order chi connectivity index (χ0) is 14.2. The molecule has 4 heteroatoms. The predicted octanol–water partition coefficient (Wildman–Crippen LogP) is 2.93. The molecule has 1 aliphatic rings. The van der Waals surface area contributed by atoms with Gasteiger partial charge in [0.1, 0.15) is 13.2 Å². The topological polar surface area (TPSA) is 39.7 Å². The molecule has 1 unspecified atom stereocenters. The monoisotopic (exact) mass is 279 g/mol. The minimum absolute atomic E-state index is 0.348. The fourth-order valence-electron chi connectivity index (χ4n) is 2.41. The molecule has 1 aromatic rings. The summed E-state index contributed by atoms with van der Waals surface area (Å²) in [5.74, 6) is 1.72. The molecule has 20 heavy (non-hydrogen) atoms. The molecular formula is C16H25NO3. The van der Waals surface area contributed by atoms with Crippen LogP contribution in [0, 0.1) is 0 Å². The van der Waals surface area contributed by atoms with Crippen LogP contribution in [0.25, 0.3) is 0 Å². The number of methoxy groups -OCH3 is 1. The van der Waals surface area contributed by atoms with Crippen LogP contribution in [0.15, 0.2) is 18.2 Å². The lowest BCUT2D eigenvalue weighted by atomic mass is 10.0. The Morgan fingerprint density at radius 3 is 2.80 bits per heavy atom. The Balaban J connectivity index is 2.06. The zero-order valence-corrected chi connectivity index (χ0v) is 12.5. The van der Waals surface area contributed by atoms with Crippen molar-refractivity contribution in [3.8, 4) is 11.5 Å². The Hall–Kier alpha value is -1.26. The highest BCUT2D eigenvalue weighted by Gasteiger charge is 2.16. The van der Waals surface area contributed by atoms with Gasteiger partial charge in [-0.3, -0.25) is 0 Å². The summed E-state index contributed by atoms with van der Waals surface area (Å²) in [5.41, 5.74) is 1.26. The molecule has 0 radical (unpaired) electrons. The van der Waals surface area contributed by atoms with Crippen LogP contribution in [0.3, 0.4) is 0 Å². The number of benzene rings is 1. The molecule has 0 fully saturated rings. The van der Waals surface area contributed by atoms with Crippen molar-refractivity contribution in [2.24, 2.45) is 0 Å². The van der Waals surface area contributed by atoms with Crippen LogP contribution in [0.4, 0.5) is 0 Å². The van der Waals surface area contributed by atoms with E-state index in [-0.39, 0.29) is 0 Å². The molecule has 0 aromatic heterocycles. The van der Waals surface area contributed by atoms with Gasteiger partial charge in [0.2, 0.25) is 0 Å². The van der Waals surface area contributed by atoms with Gasteiger partial charge < -0.3 is 19.5 Å². The van der Waals surface area contributed by atoms with E-state index in [9.17, 15) is 0 Å². The minimum atomic E-state index is 0.348. The van der Waals surface area contributed by atoms with Gasteiger partial charge in [0.05, 0.1) is 0 Å². The van der Waals surface area contributed by atoms with Gasteiger partial charge >= 0.3 is 0 Å². The maximum Gasteiger partial charge on any atom is 0.161 e. The fourth-order valence-corrected chi connectivity index (χ4v) is 2.41. The maximum absolute atomic E-state index is 5.67. The van der Waals surface area contributed by atoms with Crippen LogP contribution in [0.1, 0.15) is 37.8 Å². The van der Waals surface area contributed by atoms with E-state index in [1.165, 1.54) is 5.56 Å². The molecule has 1 N–H and O–H groups in total. The van der Waals surface area contributed by atoms with Gasteiger partial charge in [0.15, 0.2) is 11.5 Å². The van der Waals surface area contributed by atoms with Crippen molar-refractivity contribution in [3.05, 3.63) is 23.8 Å². The molecule has 1 aromatic carbocycles. The largest absolute Gasteiger partial charge is 0.486 e. The summed E-state index contributed by atoms with van der Waals surface area (Å²) < 4.78 is 16.4. The fraction of sp³-hybridized carbons (Fsp3) is 0.625. The van der Waals surface area contributed by atoms with Crippen LogP contribution in [0.2, 0.25) is 0 Å². The summed E-state index contributed by atoms with van der Waals surface area (Å²) in [6.07, 6.45) is 3.24. The lowest BCUT2D eigenvalue weighted by Gasteiger charge is -2.23. The first-order valence-corrected chi connectivity index (χ1v) is 7.47. The maximum atomic E-state index is 5.67. The van der Waals surface area contributed by atoms with Crippen molar-refractivity contribution >= 4 is 0 Å². The van der Waals surface area contributed by atoms with Gasteiger partial charge in [-0.1, -0.05) is 13.0 Å². The molecule has 1 aliphatic heterocycles. The third-order valence-corrected chi connectivity index (χ3v) is 3.45. The first-order valence-electron chi connectivity index (χ1n) is 7.47. The van der Waals surface area contributed by atoms with E-state index >= 15 is 0 Å². The second kappa shape index (κ2) is 8.12. The van der Waals surface area contributed by atoms with E-state index in [4.69, 9.17) is 14.2 Å². The molecule has 0 saturated carbocycles. The number of hydrogen-bond donors (Lipinski definition) is 1. The molecular weight excluding hydrogens is 254 g/mol. The summed E-state index contributed by atoms with van der Waals surface area (Å²) in [6.45, 7) is 5.27. The SMILES string of the molecule is CCCNC(CCCOC)c1ccc2c(c1)OCCO2. The van der Waals surface area contributed by atoms with Crippen molar-refractivity contribution in [2.75, 3.05) is 33.5 Å². The highest BCUT2D eigenvalue weighted by atomic mass is 16.6. The molecule has 0 amide bonds. The molecule has 112 valence electrons. The first-order chi connectivity index (χ1) is 9.85. The van der Waals surface area contributed by atoms with E-state index in [0.717, 1.165) is 43.9 Å². The quantitative estimate of drug-likeness (QED) is 0.743. The molecule has 1 atom stereocenters. The van der Waals surface area contributed by atoms with Gasteiger partial charge in [-0.2, -0.15) is 0 Å². The van der Waals surface area contributed by atoms with Crippen molar-refractivity contribution < 1.29 is 14.2 Å². The van der Waals surface area contributed by atoms with Crippen LogP contribution >= 0.6 is 0 Å². The standard InChI is InChI=1S/C16H25NO3/c1-3-8-17-14(5-4-9-18-2)13-6-7-15-16(12-13)20-11-10-19-15/h6-7,12,14,17H,3-5,8-11H2,1-2H3. The third kappa shape index (κ3) is 4.12. The molecule has 2 rings (SSSR count). The first kappa shape index (κ1) is 15.1. The van der Waals surface area contributed by atoms with E-state index in [1.807, 2.05) is 6.07 Å². The third-order valence-electron chi connectivity index (χ3n) is 3.45. The summed E-state index contributed by atoms with van der Waals surface area (Å²) in [5, 5.41) is 3.60. The lowest BCUT2D eigenvalue weighted by molar-refractivity contribution is 0.171. The Kier molecular flexibility index (Phi) is 6.15. The molecule has 4 nitrogen and oxygen atoms in total. The van der Waals surface area contributed by atoms with Crippen molar-refractivity contribution in [2.45, 2.75) is 32.2 Å². The summed E-state index contributed by atoms with van der Waals surface area (Å²) in [6, 6.07) is 6.60. The highest BCUT2D eigenvalue weighted by Crippen LogP contribution is 2.33. The Morgan fingerprint density at radius 1 is 1.25 bits per heavy atom. The van der Waals surface area contributed by atoms with Gasteiger partial charge in [0.25, 0.3) is 0 Å². The number of fused-ring (bicyclic) bond motifs is 1. The van der Waals surface area contributed by atoms with Crippen LogP contribution < -0.4 is 14.8 Å². The number of nitrogens with one attached hydrogen (secondary N) is 1. The Morgan fingerprint density at radius 2 is 2.05 bits per heavy atom. The van der Waals surface area contributed by atoms with E-state index in [2.05, 4.69) is 24.4 Å². The van der Waals surface area contributed by atoms with E-state index in [1.54, 1.807) is 7.11 Å². The van der Waals surface area contributed by atoms with Gasteiger partial charge in [0, 0.05) is 19.8 Å². The normalized spacial score (nSPS) is 15.1. The number of rotatable bonds is 8. The molecule has 0 spiro atoms. The van der Waals surface area contributed by atoms with Crippen LogP contribution in [-0.4, -0.2) is 33.5 Å². The second-order valence-electron chi connectivity index (χ2n) is 5.04. The van der Waals surface area contributed by atoms with E-state index < -0.39 is 0 Å². The van der Waals surface area contributed by atoms with E-state index in [0.29, 0.717) is 19.3 Å². The number of hydrogen-bond acceptors (Lipinski definition) is 4. The summed E-state index contributed by atoms with van der Waals surface area (Å²) in [7, 11) is 1.75. The average Bonchev–Trinajstić information content (AvgIpc) is 2.50. The zero-order valence-electron chi connectivity index (χ0n) is 12.5. The highest BCUT2D eigenvalue weighted by molar-refractivity contribution is 5.44. The second-order valence-corrected chi connectivity index (χ2v) is 5.04. The van der Waals surface area contributed by atoms with Crippen molar-refractivity contribution in [1.29, 1.82) is 0 Å².